The van der Waals surface area contributed by atoms with Crippen LogP contribution >= 0.6 is 15.9 Å². The van der Waals surface area contributed by atoms with Crippen LogP contribution in [0.2, 0.25) is 0 Å². The number of rotatable bonds is 4. The molecule has 1 rings (SSSR count). The second kappa shape index (κ2) is 4.79. The minimum absolute atomic E-state index is 0.0494. The summed E-state index contributed by atoms with van der Waals surface area (Å²) in [6.45, 7) is 6.49. The molecule has 0 radical (unpaired) electrons. The molecule has 1 heterocycles. The molecule has 0 aliphatic heterocycles. The summed E-state index contributed by atoms with van der Waals surface area (Å²) in [5.74, 6) is -1.26. The third kappa shape index (κ3) is 2.40. The Kier molecular flexibility index (Phi) is 3.90. The average molecular weight is 275 g/mol. The van der Waals surface area contributed by atoms with Gasteiger partial charge in [-0.15, -0.1) is 0 Å². The number of aryl methyl sites for hydroxylation is 1. The van der Waals surface area contributed by atoms with Crippen molar-refractivity contribution in [2.75, 3.05) is 0 Å². The lowest BCUT2D eigenvalue weighted by atomic mass is 9.91. The van der Waals surface area contributed by atoms with E-state index in [1.165, 1.54) is 0 Å². The van der Waals surface area contributed by atoms with Crippen LogP contribution in [0.3, 0.4) is 0 Å². The molecule has 1 atom stereocenters. The number of carboxylic acid groups (broad SMARTS) is 1. The molecular weight excluding hydrogens is 260 g/mol. The molecule has 0 fully saturated rings. The minimum atomic E-state index is -0.804. The van der Waals surface area contributed by atoms with E-state index >= 15 is 0 Å². The van der Waals surface area contributed by atoms with E-state index in [1.807, 2.05) is 20.8 Å². The van der Waals surface area contributed by atoms with Gasteiger partial charge in [-0.05, 0) is 28.8 Å². The van der Waals surface area contributed by atoms with E-state index in [-0.39, 0.29) is 5.92 Å². The van der Waals surface area contributed by atoms with Crippen molar-refractivity contribution in [1.29, 1.82) is 0 Å². The van der Waals surface area contributed by atoms with Gasteiger partial charge in [0.1, 0.15) is 4.60 Å². The zero-order valence-electron chi connectivity index (χ0n) is 9.07. The molecule has 0 aromatic carbocycles. The quantitative estimate of drug-likeness (QED) is 0.918. The van der Waals surface area contributed by atoms with E-state index in [0.29, 0.717) is 0 Å². The maximum absolute atomic E-state index is 11.1. The fraction of sp³-hybridized carbons (Fsp3) is 0.600. The van der Waals surface area contributed by atoms with E-state index in [0.717, 1.165) is 16.7 Å². The van der Waals surface area contributed by atoms with Gasteiger partial charge in [0.25, 0.3) is 0 Å². The Morgan fingerprint density at radius 1 is 1.67 bits per heavy atom. The molecule has 0 aliphatic rings. The summed E-state index contributed by atoms with van der Waals surface area (Å²) in [5.41, 5.74) is 0.749. The monoisotopic (exact) mass is 274 g/mol. The first-order valence-electron chi connectivity index (χ1n) is 4.93. The number of aliphatic carboxylic acids is 1. The predicted molar refractivity (Wildman–Crippen MR) is 60.8 cm³/mol. The molecule has 5 heteroatoms. The topological polar surface area (TPSA) is 55.1 Å². The summed E-state index contributed by atoms with van der Waals surface area (Å²) >= 11 is 3.39. The molecule has 0 aliphatic carbocycles. The molecule has 1 unspecified atom stereocenters. The number of carbonyl (C=O) groups is 1. The Morgan fingerprint density at radius 3 is 2.60 bits per heavy atom. The summed E-state index contributed by atoms with van der Waals surface area (Å²) in [6.07, 6.45) is 1.63. The molecule has 1 N–H and O–H groups in total. The fourth-order valence-corrected chi connectivity index (χ4v) is 2.28. The lowest BCUT2D eigenvalue weighted by Crippen LogP contribution is -2.17. The zero-order chi connectivity index (χ0) is 11.6. The van der Waals surface area contributed by atoms with Crippen molar-refractivity contribution in [2.45, 2.75) is 33.2 Å². The molecule has 0 saturated carbocycles. The number of hydrogen-bond donors (Lipinski definition) is 1. The number of hydrogen-bond acceptors (Lipinski definition) is 2. The molecule has 1 aromatic heterocycles. The molecule has 0 bridgehead atoms. The first-order chi connectivity index (χ1) is 6.99. The molecule has 1 aromatic rings. The maximum Gasteiger partial charge on any atom is 0.311 e. The van der Waals surface area contributed by atoms with Gasteiger partial charge in [-0.1, -0.05) is 13.8 Å². The van der Waals surface area contributed by atoms with Crippen molar-refractivity contribution >= 4 is 21.9 Å². The first kappa shape index (κ1) is 12.2. The third-order valence-corrected chi connectivity index (χ3v) is 3.24. The Balaban J connectivity index is 3.12. The van der Waals surface area contributed by atoms with Gasteiger partial charge in [0.2, 0.25) is 0 Å². The molecule has 4 nitrogen and oxygen atoms in total. The molecular formula is C10H15BrN2O2. The van der Waals surface area contributed by atoms with Crippen LogP contribution in [0.4, 0.5) is 0 Å². The summed E-state index contributed by atoms with van der Waals surface area (Å²) in [4.78, 5) is 11.1. The van der Waals surface area contributed by atoms with Gasteiger partial charge in [0, 0.05) is 12.1 Å². The molecule has 15 heavy (non-hydrogen) atoms. The predicted octanol–water partition coefficient (Wildman–Crippen LogP) is 2.49. The van der Waals surface area contributed by atoms with E-state index in [2.05, 4.69) is 21.0 Å². The maximum atomic E-state index is 11.1. The third-order valence-electron chi connectivity index (χ3n) is 2.37. The van der Waals surface area contributed by atoms with Gasteiger partial charge in [-0.25, -0.2) is 0 Å². The van der Waals surface area contributed by atoms with Crippen LogP contribution < -0.4 is 0 Å². The fourth-order valence-electron chi connectivity index (χ4n) is 1.59. The lowest BCUT2D eigenvalue weighted by molar-refractivity contribution is -0.139. The van der Waals surface area contributed by atoms with Crippen molar-refractivity contribution in [3.8, 4) is 0 Å². The normalized spacial score (nSPS) is 13.1. The lowest BCUT2D eigenvalue weighted by Gasteiger charge is -2.15. The Bertz CT molecular complexity index is 360. The smallest absolute Gasteiger partial charge is 0.311 e. The van der Waals surface area contributed by atoms with Crippen LogP contribution in [0.5, 0.6) is 0 Å². The van der Waals surface area contributed by atoms with Gasteiger partial charge in [0.05, 0.1) is 12.1 Å². The van der Waals surface area contributed by atoms with Crippen LogP contribution in [0.1, 0.15) is 32.3 Å². The van der Waals surface area contributed by atoms with E-state index in [4.69, 9.17) is 5.11 Å². The van der Waals surface area contributed by atoms with Crippen LogP contribution in [-0.4, -0.2) is 20.9 Å². The van der Waals surface area contributed by atoms with Gasteiger partial charge in [-0.3, -0.25) is 9.48 Å². The molecule has 0 amide bonds. The van der Waals surface area contributed by atoms with Crippen LogP contribution in [0.15, 0.2) is 10.8 Å². The van der Waals surface area contributed by atoms with Crippen LogP contribution in [0.25, 0.3) is 0 Å². The Hall–Kier alpha value is -0.840. The Morgan fingerprint density at radius 2 is 2.27 bits per heavy atom. The Labute approximate surface area is 97.4 Å². The number of carboxylic acids is 1. The SMILES string of the molecule is CCn1ncc(C(C(=O)O)C(C)C)c1Br. The van der Waals surface area contributed by atoms with Gasteiger partial charge in [-0.2, -0.15) is 5.10 Å². The second-order valence-corrected chi connectivity index (χ2v) is 4.52. The van der Waals surface area contributed by atoms with Gasteiger partial charge < -0.3 is 5.11 Å². The summed E-state index contributed by atoms with van der Waals surface area (Å²) in [7, 11) is 0. The van der Waals surface area contributed by atoms with E-state index < -0.39 is 11.9 Å². The highest BCUT2D eigenvalue weighted by Gasteiger charge is 2.27. The minimum Gasteiger partial charge on any atom is -0.481 e. The summed E-state index contributed by atoms with van der Waals surface area (Å²) in [6, 6.07) is 0. The number of halogens is 1. The molecule has 0 saturated heterocycles. The van der Waals surface area contributed by atoms with Gasteiger partial charge in [0.15, 0.2) is 0 Å². The van der Waals surface area contributed by atoms with Crippen molar-refractivity contribution in [3.05, 3.63) is 16.4 Å². The van der Waals surface area contributed by atoms with Crippen molar-refractivity contribution in [2.24, 2.45) is 5.92 Å². The highest BCUT2D eigenvalue weighted by molar-refractivity contribution is 9.10. The highest BCUT2D eigenvalue weighted by Crippen LogP contribution is 2.30. The standard InChI is InChI=1S/C10H15BrN2O2/c1-4-13-9(11)7(5-12-13)8(6(2)3)10(14)15/h5-6,8H,4H2,1-3H3,(H,14,15). The van der Waals surface area contributed by atoms with E-state index in [9.17, 15) is 4.79 Å². The van der Waals surface area contributed by atoms with E-state index in [1.54, 1.807) is 10.9 Å². The highest BCUT2D eigenvalue weighted by atomic mass is 79.9. The first-order valence-corrected chi connectivity index (χ1v) is 5.72. The van der Waals surface area contributed by atoms with Crippen LogP contribution in [-0.2, 0) is 11.3 Å². The summed E-state index contributed by atoms with van der Waals surface area (Å²) < 4.78 is 2.51. The average Bonchev–Trinajstić information content (AvgIpc) is 2.47. The number of aromatic nitrogens is 2. The largest absolute Gasteiger partial charge is 0.481 e. The van der Waals surface area contributed by atoms with Crippen molar-refractivity contribution < 1.29 is 9.90 Å². The van der Waals surface area contributed by atoms with Crippen LogP contribution in [0, 0.1) is 5.92 Å². The van der Waals surface area contributed by atoms with Crippen molar-refractivity contribution in [3.63, 3.8) is 0 Å². The summed E-state index contributed by atoms with van der Waals surface area (Å²) in [5, 5.41) is 13.3. The zero-order valence-corrected chi connectivity index (χ0v) is 10.7. The molecule has 0 spiro atoms. The van der Waals surface area contributed by atoms with Gasteiger partial charge >= 0.3 is 5.97 Å². The second-order valence-electron chi connectivity index (χ2n) is 3.77. The van der Waals surface area contributed by atoms with Crippen molar-refractivity contribution in [1.82, 2.24) is 9.78 Å². The number of nitrogens with zero attached hydrogens (tertiary/aromatic N) is 2. The molecule has 84 valence electrons.